The molecule has 0 radical (unpaired) electrons. The van der Waals surface area contributed by atoms with Gasteiger partial charge in [0.25, 0.3) is 0 Å². The number of benzene rings is 2. The largest absolute Gasteiger partial charge is 0.492 e. The van der Waals surface area contributed by atoms with Crippen LogP contribution in [0, 0.1) is 0 Å². The van der Waals surface area contributed by atoms with Gasteiger partial charge in [0, 0.05) is 22.3 Å². The molecule has 0 fully saturated rings. The van der Waals surface area contributed by atoms with Gasteiger partial charge in [0.05, 0.1) is 0 Å². The van der Waals surface area contributed by atoms with E-state index >= 15 is 0 Å². The second-order valence-corrected chi connectivity index (χ2v) is 4.61. The van der Waals surface area contributed by atoms with E-state index in [1.54, 1.807) is 6.07 Å². The first-order valence-electron chi connectivity index (χ1n) is 5.62. The summed E-state index contributed by atoms with van der Waals surface area (Å²) >= 11 is 11.7. The first-order chi connectivity index (χ1) is 8.74. The first kappa shape index (κ1) is 13.1. The Morgan fingerprint density at radius 3 is 2.44 bits per heavy atom. The van der Waals surface area contributed by atoms with Gasteiger partial charge in [-0.2, -0.15) is 0 Å². The quantitative estimate of drug-likeness (QED) is 0.816. The summed E-state index contributed by atoms with van der Waals surface area (Å²) in [6, 6.07) is 14.9. The summed E-state index contributed by atoms with van der Waals surface area (Å²) < 4.78 is 5.56. The SMILES string of the molecule is Clc1ccc(NCCOc2cccc(Cl)c2)cc1. The van der Waals surface area contributed by atoms with E-state index in [0.29, 0.717) is 18.2 Å². The Balaban J connectivity index is 1.74. The number of hydrogen-bond donors (Lipinski definition) is 1. The van der Waals surface area contributed by atoms with Gasteiger partial charge in [-0.3, -0.25) is 0 Å². The lowest BCUT2D eigenvalue weighted by Crippen LogP contribution is -2.11. The van der Waals surface area contributed by atoms with Crippen molar-refractivity contribution in [3.05, 3.63) is 58.6 Å². The molecule has 2 nitrogen and oxygen atoms in total. The van der Waals surface area contributed by atoms with E-state index < -0.39 is 0 Å². The fourth-order valence-electron chi connectivity index (χ4n) is 1.49. The summed E-state index contributed by atoms with van der Waals surface area (Å²) in [5, 5.41) is 4.65. The molecular weight excluding hydrogens is 269 g/mol. The van der Waals surface area contributed by atoms with E-state index in [1.807, 2.05) is 42.5 Å². The highest BCUT2D eigenvalue weighted by molar-refractivity contribution is 6.30. The third kappa shape index (κ3) is 4.13. The standard InChI is InChI=1S/C14H13Cl2NO/c15-11-4-6-13(7-5-11)17-8-9-18-14-3-1-2-12(16)10-14/h1-7,10,17H,8-9H2. The van der Waals surface area contributed by atoms with Crippen molar-refractivity contribution in [2.24, 2.45) is 0 Å². The Labute approximate surface area is 116 Å². The Morgan fingerprint density at radius 1 is 0.944 bits per heavy atom. The zero-order valence-electron chi connectivity index (χ0n) is 9.70. The van der Waals surface area contributed by atoms with Gasteiger partial charge in [-0.15, -0.1) is 0 Å². The second kappa shape index (κ2) is 6.53. The maximum atomic E-state index is 5.86. The van der Waals surface area contributed by atoms with Crippen molar-refractivity contribution in [1.82, 2.24) is 0 Å². The van der Waals surface area contributed by atoms with Crippen LogP contribution in [0.5, 0.6) is 5.75 Å². The van der Waals surface area contributed by atoms with Gasteiger partial charge in [0.1, 0.15) is 12.4 Å². The van der Waals surface area contributed by atoms with E-state index in [2.05, 4.69) is 5.32 Å². The zero-order chi connectivity index (χ0) is 12.8. The van der Waals surface area contributed by atoms with Crippen LogP contribution in [-0.4, -0.2) is 13.2 Å². The molecule has 0 spiro atoms. The third-order valence-electron chi connectivity index (χ3n) is 2.34. The van der Waals surface area contributed by atoms with Gasteiger partial charge in [-0.05, 0) is 42.5 Å². The minimum absolute atomic E-state index is 0.572. The van der Waals surface area contributed by atoms with Gasteiger partial charge in [-0.1, -0.05) is 29.3 Å². The minimum atomic E-state index is 0.572. The summed E-state index contributed by atoms with van der Waals surface area (Å²) in [5.74, 6) is 0.778. The molecule has 0 aliphatic rings. The van der Waals surface area contributed by atoms with Gasteiger partial charge in [-0.25, -0.2) is 0 Å². The predicted molar refractivity (Wildman–Crippen MR) is 76.9 cm³/mol. The molecule has 2 aromatic carbocycles. The molecule has 0 aromatic heterocycles. The highest BCUT2D eigenvalue weighted by Gasteiger charge is 1.95. The lowest BCUT2D eigenvalue weighted by atomic mass is 10.3. The molecule has 4 heteroatoms. The van der Waals surface area contributed by atoms with Gasteiger partial charge in [0.15, 0.2) is 0 Å². The molecule has 1 N–H and O–H groups in total. The minimum Gasteiger partial charge on any atom is -0.492 e. The summed E-state index contributed by atoms with van der Waals surface area (Å²) in [7, 11) is 0. The Bertz CT molecular complexity index is 499. The van der Waals surface area contributed by atoms with E-state index in [1.165, 1.54) is 0 Å². The molecule has 0 aliphatic carbocycles. The van der Waals surface area contributed by atoms with Gasteiger partial charge >= 0.3 is 0 Å². The van der Waals surface area contributed by atoms with Crippen molar-refractivity contribution in [2.75, 3.05) is 18.5 Å². The number of rotatable bonds is 5. The predicted octanol–water partition coefficient (Wildman–Crippen LogP) is 4.48. The molecular formula is C14H13Cl2NO. The normalized spacial score (nSPS) is 10.1. The highest BCUT2D eigenvalue weighted by atomic mass is 35.5. The number of ether oxygens (including phenoxy) is 1. The maximum absolute atomic E-state index is 5.86. The van der Waals surface area contributed by atoms with Crippen LogP contribution in [0.15, 0.2) is 48.5 Å². The van der Waals surface area contributed by atoms with E-state index in [0.717, 1.165) is 16.5 Å². The Morgan fingerprint density at radius 2 is 1.72 bits per heavy atom. The van der Waals surface area contributed by atoms with Crippen LogP contribution in [0.25, 0.3) is 0 Å². The van der Waals surface area contributed by atoms with Crippen molar-refractivity contribution in [3.8, 4) is 5.75 Å². The highest BCUT2D eigenvalue weighted by Crippen LogP contribution is 2.17. The van der Waals surface area contributed by atoms with Gasteiger partial charge in [0.2, 0.25) is 0 Å². The Hall–Kier alpha value is -1.38. The number of anilines is 1. The summed E-state index contributed by atoms with van der Waals surface area (Å²) in [4.78, 5) is 0. The summed E-state index contributed by atoms with van der Waals surface area (Å²) in [5.41, 5.74) is 1.02. The average Bonchev–Trinajstić information content (AvgIpc) is 2.37. The molecule has 0 heterocycles. The van der Waals surface area contributed by atoms with Crippen molar-refractivity contribution in [1.29, 1.82) is 0 Å². The van der Waals surface area contributed by atoms with Crippen molar-refractivity contribution in [3.63, 3.8) is 0 Å². The van der Waals surface area contributed by atoms with Crippen molar-refractivity contribution < 1.29 is 4.74 Å². The monoisotopic (exact) mass is 281 g/mol. The van der Waals surface area contributed by atoms with Crippen LogP contribution in [-0.2, 0) is 0 Å². The molecule has 94 valence electrons. The molecule has 0 amide bonds. The maximum Gasteiger partial charge on any atom is 0.120 e. The fourth-order valence-corrected chi connectivity index (χ4v) is 1.80. The van der Waals surface area contributed by atoms with Gasteiger partial charge < -0.3 is 10.1 Å². The lowest BCUT2D eigenvalue weighted by Gasteiger charge is -2.08. The van der Waals surface area contributed by atoms with E-state index in [-0.39, 0.29) is 0 Å². The van der Waals surface area contributed by atoms with E-state index in [4.69, 9.17) is 27.9 Å². The van der Waals surface area contributed by atoms with Crippen molar-refractivity contribution >= 4 is 28.9 Å². The van der Waals surface area contributed by atoms with Crippen LogP contribution in [0.1, 0.15) is 0 Å². The third-order valence-corrected chi connectivity index (χ3v) is 2.83. The molecule has 0 atom stereocenters. The second-order valence-electron chi connectivity index (χ2n) is 3.74. The van der Waals surface area contributed by atoms with Crippen LogP contribution < -0.4 is 10.1 Å². The summed E-state index contributed by atoms with van der Waals surface area (Å²) in [6.45, 7) is 1.29. The molecule has 0 aliphatic heterocycles. The lowest BCUT2D eigenvalue weighted by molar-refractivity contribution is 0.333. The molecule has 2 rings (SSSR count). The molecule has 2 aromatic rings. The topological polar surface area (TPSA) is 21.3 Å². The zero-order valence-corrected chi connectivity index (χ0v) is 11.2. The van der Waals surface area contributed by atoms with Crippen molar-refractivity contribution in [2.45, 2.75) is 0 Å². The number of nitrogens with one attached hydrogen (secondary N) is 1. The Kier molecular flexibility index (Phi) is 4.73. The number of hydrogen-bond acceptors (Lipinski definition) is 2. The fraction of sp³-hybridized carbons (Fsp3) is 0.143. The molecule has 0 bridgehead atoms. The van der Waals surface area contributed by atoms with Crippen LogP contribution >= 0.6 is 23.2 Å². The van der Waals surface area contributed by atoms with Crippen LogP contribution in [0.3, 0.4) is 0 Å². The molecule has 18 heavy (non-hydrogen) atoms. The molecule has 0 unspecified atom stereocenters. The summed E-state index contributed by atoms with van der Waals surface area (Å²) in [6.07, 6.45) is 0. The van der Waals surface area contributed by atoms with Crippen LogP contribution in [0.2, 0.25) is 10.0 Å². The average molecular weight is 282 g/mol. The first-order valence-corrected chi connectivity index (χ1v) is 6.37. The molecule has 0 saturated carbocycles. The van der Waals surface area contributed by atoms with Crippen LogP contribution in [0.4, 0.5) is 5.69 Å². The molecule has 0 saturated heterocycles. The van der Waals surface area contributed by atoms with E-state index in [9.17, 15) is 0 Å². The smallest absolute Gasteiger partial charge is 0.120 e. The number of halogens is 2.